The Kier molecular flexibility index (Phi) is 4.45. The van der Waals surface area contributed by atoms with Gasteiger partial charge in [-0.05, 0) is 29.8 Å². The Balaban J connectivity index is 2.19. The van der Waals surface area contributed by atoms with Gasteiger partial charge in [0.25, 0.3) is 0 Å². The number of halogens is 2. The molecular formula is C12H9BrClNOS. The van der Waals surface area contributed by atoms with Gasteiger partial charge in [0, 0.05) is 15.6 Å². The minimum atomic E-state index is 0.0325. The highest BCUT2D eigenvalue weighted by Gasteiger charge is 2.03. The van der Waals surface area contributed by atoms with Crippen molar-refractivity contribution in [2.24, 2.45) is 0 Å². The molecule has 2 rings (SSSR count). The molecule has 0 unspecified atom stereocenters. The van der Waals surface area contributed by atoms with Crippen molar-refractivity contribution in [2.75, 3.05) is 0 Å². The minimum absolute atomic E-state index is 0.0325. The van der Waals surface area contributed by atoms with Crippen LogP contribution in [0.3, 0.4) is 0 Å². The average molecular weight is 331 g/mol. The molecule has 2 aromatic rings. The standard InChI is InChI=1S/C12H9BrClNOS/c13-11-5-10(3-1-8(11)7-16)17-12-4-2-9(14)6-15-12/h1-6,16H,7H2. The topological polar surface area (TPSA) is 33.1 Å². The van der Waals surface area contributed by atoms with E-state index >= 15 is 0 Å². The van der Waals surface area contributed by atoms with Crippen LogP contribution in [0.25, 0.3) is 0 Å². The molecule has 0 fully saturated rings. The maximum absolute atomic E-state index is 9.07. The number of aliphatic hydroxyl groups excluding tert-OH is 1. The van der Waals surface area contributed by atoms with Crippen LogP contribution in [0.5, 0.6) is 0 Å². The average Bonchev–Trinajstić information content (AvgIpc) is 2.32. The highest BCUT2D eigenvalue weighted by molar-refractivity contribution is 9.10. The molecular weight excluding hydrogens is 322 g/mol. The van der Waals surface area contributed by atoms with E-state index in [1.54, 1.807) is 18.0 Å². The van der Waals surface area contributed by atoms with E-state index in [0.717, 1.165) is 20.0 Å². The fourth-order valence-corrected chi connectivity index (χ4v) is 2.83. The number of pyridine rings is 1. The van der Waals surface area contributed by atoms with E-state index in [-0.39, 0.29) is 6.61 Å². The molecule has 1 aromatic carbocycles. The van der Waals surface area contributed by atoms with Crippen molar-refractivity contribution >= 4 is 39.3 Å². The number of benzene rings is 1. The Labute approximate surface area is 117 Å². The number of hydrogen-bond donors (Lipinski definition) is 1. The summed E-state index contributed by atoms with van der Waals surface area (Å²) in [6.07, 6.45) is 1.63. The number of hydrogen-bond acceptors (Lipinski definition) is 3. The molecule has 0 aliphatic carbocycles. The summed E-state index contributed by atoms with van der Waals surface area (Å²) in [7, 11) is 0. The summed E-state index contributed by atoms with van der Waals surface area (Å²) in [4.78, 5) is 5.27. The third-order valence-corrected chi connectivity index (χ3v) is 4.02. The monoisotopic (exact) mass is 329 g/mol. The predicted octanol–water partition coefficient (Wildman–Crippen LogP) is 4.14. The van der Waals surface area contributed by atoms with Gasteiger partial charge >= 0.3 is 0 Å². The quantitative estimate of drug-likeness (QED) is 0.918. The lowest BCUT2D eigenvalue weighted by atomic mass is 10.2. The third-order valence-electron chi connectivity index (χ3n) is 2.12. The van der Waals surface area contributed by atoms with Crippen molar-refractivity contribution in [1.82, 2.24) is 4.98 Å². The van der Waals surface area contributed by atoms with Crippen LogP contribution in [-0.4, -0.2) is 10.1 Å². The molecule has 2 nitrogen and oxygen atoms in total. The van der Waals surface area contributed by atoms with Crippen molar-refractivity contribution in [3.05, 3.63) is 51.6 Å². The van der Waals surface area contributed by atoms with Gasteiger partial charge in [0.2, 0.25) is 0 Å². The summed E-state index contributed by atoms with van der Waals surface area (Å²) in [6, 6.07) is 9.50. The molecule has 0 amide bonds. The van der Waals surface area contributed by atoms with Crippen molar-refractivity contribution < 1.29 is 5.11 Å². The van der Waals surface area contributed by atoms with E-state index in [0.29, 0.717) is 5.02 Å². The highest BCUT2D eigenvalue weighted by atomic mass is 79.9. The second kappa shape index (κ2) is 5.87. The Hall–Kier alpha value is -0.550. The molecule has 0 bridgehead atoms. The van der Waals surface area contributed by atoms with Gasteiger partial charge in [-0.1, -0.05) is 45.4 Å². The van der Waals surface area contributed by atoms with Crippen LogP contribution in [0.4, 0.5) is 0 Å². The fourth-order valence-electron chi connectivity index (χ4n) is 1.26. The van der Waals surface area contributed by atoms with Crippen LogP contribution in [0, 0.1) is 0 Å². The first-order valence-corrected chi connectivity index (χ1v) is 6.86. The summed E-state index contributed by atoms with van der Waals surface area (Å²) >= 11 is 10.7. The van der Waals surface area contributed by atoms with Gasteiger partial charge in [0.1, 0.15) is 5.03 Å². The summed E-state index contributed by atoms with van der Waals surface area (Å²) in [5, 5.41) is 10.6. The highest BCUT2D eigenvalue weighted by Crippen LogP contribution is 2.30. The van der Waals surface area contributed by atoms with E-state index in [1.807, 2.05) is 30.3 Å². The van der Waals surface area contributed by atoms with Crippen molar-refractivity contribution in [2.45, 2.75) is 16.5 Å². The first kappa shape index (κ1) is 12.9. The van der Waals surface area contributed by atoms with Crippen LogP contribution < -0.4 is 0 Å². The van der Waals surface area contributed by atoms with Gasteiger partial charge in [-0.15, -0.1) is 0 Å². The molecule has 1 N–H and O–H groups in total. The lowest BCUT2D eigenvalue weighted by Gasteiger charge is -2.04. The smallest absolute Gasteiger partial charge is 0.101 e. The first-order valence-electron chi connectivity index (χ1n) is 4.88. The van der Waals surface area contributed by atoms with Gasteiger partial charge in [0.05, 0.1) is 11.6 Å². The zero-order valence-electron chi connectivity index (χ0n) is 8.73. The summed E-state index contributed by atoms with van der Waals surface area (Å²) in [5.74, 6) is 0. The summed E-state index contributed by atoms with van der Waals surface area (Å²) < 4.78 is 0.902. The summed E-state index contributed by atoms with van der Waals surface area (Å²) in [6.45, 7) is 0.0325. The van der Waals surface area contributed by atoms with Crippen LogP contribution >= 0.6 is 39.3 Å². The van der Waals surface area contributed by atoms with Crippen LogP contribution in [0.1, 0.15) is 5.56 Å². The van der Waals surface area contributed by atoms with E-state index in [2.05, 4.69) is 20.9 Å². The van der Waals surface area contributed by atoms with Gasteiger partial charge in [-0.2, -0.15) is 0 Å². The lowest BCUT2D eigenvalue weighted by molar-refractivity contribution is 0.281. The van der Waals surface area contributed by atoms with Gasteiger partial charge in [-0.3, -0.25) is 0 Å². The van der Waals surface area contributed by atoms with E-state index in [4.69, 9.17) is 16.7 Å². The molecule has 17 heavy (non-hydrogen) atoms. The number of aliphatic hydroxyl groups is 1. The third kappa shape index (κ3) is 3.45. The van der Waals surface area contributed by atoms with Crippen LogP contribution in [0.15, 0.2) is 50.9 Å². The van der Waals surface area contributed by atoms with Crippen molar-refractivity contribution in [3.63, 3.8) is 0 Å². The molecule has 1 aromatic heterocycles. The van der Waals surface area contributed by atoms with Gasteiger partial charge in [0.15, 0.2) is 0 Å². The molecule has 0 saturated carbocycles. The minimum Gasteiger partial charge on any atom is -0.392 e. The molecule has 0 aliphatic rings. The molecule has 0 aliphatic heterocycles. The van der Waals surface area contributed by atoms with E-state index in [9.17, 15) is 0 Å². The first-order chi connectivity index (χ1) is 8.19. The van der Waals surface area contributed by atoms with Crippen molar-refractivity contribution in [3.8, 4) is 0 Å². The van der Waals surface area contributed by atoms with Crippen molar-refractivity contribution in [1.29, 1.82) is 0 Å². The normalized spacial score (nSPS) is 10.5. The van der Waals surface area contributed by atoms with Crippen LogP contribution in [-0.2, 0) is 6.61 Å². The van der Waals surface area contributed by atoms with E-state index < -0.39 is 0 Å². The number of nitrogens with zero attached hydrogens (tertiary/aromatic N) is 1. The molecule has 5 heteroatoms. The molecule has 0 spiro atoms. The number of rotatable bonds is 3. The zero-order valence-corrected chi connectivity index (χ0v) is 11.9. The maximum Gasteiger partial charge on any atom is 0.101 e. The summed E-state index contributed by atoms with van der Waals surface area (Å²) in [5.41, 5.74) is 0.874. The Morgan fingerprint density at radius 2 is 2.12 bits per heavy atom. The van der Waals surface area contributed by atoms with Crippen LogP contribution in [0.2, 0.25) is 5.02 Å². The fraction of sp³-hybridized carbons (Fsp3) is 0.0833. The molecule has 0 saturated heterocycles. The molecule has 1 heterocycles. The molecule has 0 atom stereocenters. The second-order valence-corrected chi connectivity index (χ2v) is 5.71. The van der Waals surface area contributed by atoms with E-state index in [1.165, 1.54) is 0 Å². The predicted molar refractivity (Wildman–Crippen MR) is 73.4 cm³/mol. The SMILES string of the molecule is OCc1ccc(Sc2ccc(Cl)cn2)cc1Br. The molecule has 0 radical (unpaired) electrons. The number of aromatic nitrogens is 1. The Bertz CT molecular complexity index is 518. The van der Waals surface area contributed by atoms with Gasteiger partial charge in [-0.25, -0.2) is 4.98 Å². The van der Waals surface area contributed by atoms with Gasteiger partial charge < -0.3 is 5.11 Å². The Morgan fingerprint density at radius 1 is 1.29 bits per heavy atom. The second-order valence-electron chi connectivity index (χ2n) is 3.33. The maximum atomic E-state index is 9.07. The largest absolute Gasteiger partial charge is 0.392 e. The Morgan fingerprint density at radius 3 is 2.71 bits per heavy atom. The lowest BCUT2D eigenvalue weighted by Crippen LogP contribution is -1.85. The zero-order chi connectivity index (χ0) is 12.3. The molecule has 88 valence electrons.